The zero-order valence-corrected chi connectivity index (χ0v) is 30.0. The molecular formula is C53H34N2. The van der Waals surface area contributed by atoms with E-state index in [0.29, 0.717) is 0 Å². The predicted molar refractivity (Wildman–Crippen MR) is 233 cm³/mol. The third kappa shape index (κ3) is 5.15. The number of aromatic nitrogens is 2. The molecule has 9 aromatic carbocycles. The highest BCUT2D eigenvalue weighted by molar-refractivity contribution is 6.29. The smallest absolute Gasteiger partial charge is 0.0715 e. The highest BCUT2D eigenvalue weighted by atomic mass is 15.0. The van der Waals surface area contributed by atoms with Gasteiger partial charge in [0, 0.05) is 27.6 Å². The molecule has 2 nitrogen and oxygen atoms in total. The summed E-state index contributed by atoms with van der Waals surface area (Å²) in [5.74, 6) is 0. The number of hydrogen-bond donors (Lipinski definition) is 0. The number of para-hydroxylation sites is 2. The molecule has 0 saturated carbocycles. The van der Waals surface area contributed by atoms with Crippen LogP contribution in [0.15, 0.2) is 206 Å². The SMILES string of the molecule is c1ccc(-c2cc(-c3ccccc3)nc(-c3ccc4c(c3)c3ccccc3c3cccc(-c5ccc6c(c5)c5ccccc5n6-c5ccccc5)c34)c2)cc1. The van der Waals surface area contributed by atoms with E-state index in [2.05, 4.69) is 211 Å². The van der Waals surface area contributed by atoms with Crippen LogP contribution >= 0.6 is 0 Å². The van der Waals surface area contributed by atoms with Crippen molar-refractivity contribution in [2.45, 2.75) is 0 Å². The molecule has 2 heterocycles. The topological polar surface area (TPSA) is 17.8 Å². The fourth-order valence-electron chi connectivity index (χ4n) is 8.63. The first kappa shape index (κ1) is 31.3. The molecule has 0 bridgehead atoms. The van der Waals surface area contributed by atoms with Crippen LogP contribution in [-0.2, 0) is 0 Å². The Bertz CT molecular complexity index is 3180. The van der Waals surface area contributed by atoms with Crippen molar-refractivity contribution in [3.05, 3.63) is 206 Å². The summed E-state index contributed by atoms with van der Waals surface area (Å²) in [6.07, 6.45) is 0. The first-order chi connectivity index (χ1) is 27.3. The zero-order valence-electron chi connectivity index (χ0n) is 30.0. The first-order valence-corrected chi connectivity index (χ1v) is 18.9. The van der Waals surface area contributed by atoms with Crippen LogP contribution in [0, 0.1) is 0 Å². The standard InChI is InChI=1S/C53H34N2/c1-4-15-35(16-5-1)39-33-49(36-17-6-2-7-18-36)54-50(34-39)38-27-29-46-47(32-38)43-22-11-10-21-42(43)45-25-14-24-41(53(45)46)37-28-30-52-48(31-37)44-23-12-13-26-51(44)55(52)40-19-8-3-9-20-40/h1-34H. The van der Waals surface area contributed by atoms with Gasteiger partial charge in [-0.05, 0) is 103 Å². The summed E-state index contributed by atoms with van der Waals surface area (Å²) in [5.41, 5.74) is 12.5. The lowest BCUT2D eigenvalue weighted by atomic mass is 9.88. The van der Waals surface area contributed by atoms with E-state index in [0.717, 1.165) is 28.1 Å². The van der Waals surface area contributed by atoms with Crippen molar-refractivity contribution < 1.29 is 0 Å². The molecular weight excluding hydrogens is 665 g/mol. The molecule has 0 amide bonds. The minimum absolute atomic E-state index is 0.958. The summed E-state index contributed by atoms with van der Waals surface area (Å²) < 4.78 is 2.38. The average molecular weight is 699 g/mol. The largest absolute Gasteiger partial charge is 0.309 e. The maximum absolute atomic E-state index is 5.29. The average Bonchev–Trinajstić information content (AvgIpc) is 3.60. The summed E-state index contributed by atoms with van der Waals surface area (Å²) in [5, 5.41) is 9.99. The third-order valence-corrected chi connectivity index (χ3v) is 11.2. The first-order valence-electron chi connectivity index (χ1n) is 18.9. The second kappa shape index (κ2) is 12.7. The Morgan fingerprint density at radius 3 is 1.60 bits per heavy atom. The van der Waals surface area contributed by atoms with E-state index in [1.165, 1.54) is 76.5 Å². The fraction of sp³-hybridized carbons (Fsp3) is 0. The van der Waals surface area contributed by atoms with E-state index in [1.54, 1.807) is 0 Å². The number of benzene rings is 9. The molecule has 11 rings (SSSR count). The molecule has 0 saturated heterocycles. The molecule has 0 aliphatic heterocycles. The number of fused-ring (bicyclic) bond motifs is 9. The van der Waals surface area contributed by atoms with Gasteiger partial charge in [0.15, 0.2) is 0 Å². The molecule has 0 fully saturated rings. The second-order valence-corrected chi connectivity index (χ2v) is 14.3. The molecule has 256 valence electrons. The van der Waals surface area contributed by atoms with Crippen LogP contribution in [0.4, 0.5) is 0 Å². The van der Waals surface area contributed by atoms with Crippen molar-refractivity contribution in [2.75, 3.05) is 0 Å². The number of pyridine rings is 1. The summed E-state index contributed by atoms with van der Waals surface area (Å²) >= 11 is 0. The Morgan fingerprint density at radius 2 is 0.836 bits per heavy atom. The molecule has 0 aliphatic carbocycles. The summed E-state index contributed by atoms with van der Waals surface area (Å²) in [7, 11) is 0. The molecule has 0 radical (unpaired) electrons. The Morgan fingerprint density at radius 1 is 0.291 bits per heavy atom. The van der Waals surface area contributed by atoms with E-state index in [1.807, 2.05) is 0 Å². The van der Waals surface area contributed by atoms with Crippen molar-refractivity contribution in [2.24, 2.45) is 0 Å². The van der Waals surface area contributed by atoms with E-state index >= 15 is 0 Å². The third-order valence-electron chi connectivity index (χ3n) is 11.2. The van der Waals surface area contributed by atoms with Crippen LogP contribution in [0.3, 0.4) is 0 Å². The van der Waals surface area contributed by atoms with Gasteiger partial charge in [-0.25, -0.2) is 4.98 Å². The van der Waals surface area contributed by atoms with Crippen molar-refractivity contribution in [3.63, 3.8) is 0 Å². The number of rotatable bonds is 5. The van der Waals surface area contributed by atoms with Gasteiger partial charge in [-0.3, -0.25) is 0 Å². The van der Waals surface area contributed by atoms with Crippen molar-refractivity contribution >= 4 is 54.1 Å². The maximum Gasteiger partial charge on any atom is 0.0715 e. The van der Waals surface area contributed by atoms with Crippen molar-refractivity contribution in [3.8, 4) is 50.5 Å². The molecule has 11 aromatic rings. The van der Waals surface area contributed by atoms with Crippen LogP contribution in [0.5, 0.6) is 0 Å². The molecule has 0 N–H and O–H groups in total. The normalized spacial score (nSPS) is 11.6. The lowest BCUT2D eigenvalue weighted by Crippen LogP contribution is -1.93. The van der Waals surface area contributed by atoms with Crippen molar-refractivity contribution in [1.82, 2.24) is 9.55 Å². The van der Waals surface area contributed by atoms with E-state index < -0.39 is 0 Å². The van der Waals surface area contributed by atoms with Gasteiger partial charge in [0.25, 0.3) is 0 Å². The van der Waals surface area contributed by atoms with Crippen LogP contribution < -0.4 is 0 Å². The monoisotopic (exact) mass is 698 g/mol. The van der Waals surface area contributed by atoms with E-state index in [9.17, 15) is 0 Å². The van der Waals surface area contributed by atoms with Gasteiger partial charge in [0.1, 0.15) is 0 Å². The Kier molecular flexibility index (Phi) is 7.21. The van der Waals surface area contributed by atoms with Gasteiger partial charge in [-0.1, -0.05) is 158 Å². The lowest BCUT2D eigenvalue weighted by Gasteiger charge is -2.16. The Balaban J connectivity index is 1.15. The van der Waals surface area contributed by atoms with Crippen LogP contribution in [0.2, 0.25) is 0 Å². The summed E-state index contributed by atoms with van der Waals surface area (Å²) in [4.78, 5) is 5.29. The van der Waals surface area contributed by atoms with Gasteiger partial charge < -0.3 is 4.57 Å². The Hall–Kier alpha value is -7.29. The summed E-state index contributed by atoms with van der Waals surface area (Å²) in [6, 6.07) is 74.5. The zero-order chi connectivity index (χ0) is 36.3. The number of nitrogens with zero attached hydrogens (tertiary/aromatic N) is 2. The van der Waals surface area contributed by atoms with Gasteiger partial charge >= 0.3 is 0 Å². The maximum atomic E-state index is 5.29. The van der Waals surface area contributed by atoms with Crippen LogP contribution in [0.1, 0.15) is 0 Å². The number of hydrogen-bond acceptors (Lipinski definition) is 1. The molecule has 0 unspecified atom stereocenters. The molecule has 55 heavy (non-hydrogen) atoms. The Labute approximate surface area is 319 Å². The van der Waals surface area contributed by atoms with Gasteiger partial charge in [0.2, 0.25) is 0 Å². The molecule has 0 spiro atoms. The summed E-state index contributed by atoms with van der Waals surface area (Å²) in [6.45, 7) is 0. The van der Waals surface area contributed by atoms with E-state index in [-0.39, 0.29) is 0 Å². The lowest BCUT2D eigenvalue weighted by molar-refractivity contribution is 1.18. The molecule has 0 aliphatic rings. The molecule has 2 heteroatoms. The molecule has 0 atom stereocenters. The van der Waals surface area contributed by atoms with Gasteiger partial charge in [0.05, 0.1) is 22.4 Å². The van der Waals surface area contributed by atoms with Gasteiger partial charge in [-0.2, -0.15) is 0 Å². The minimum atomic E-state index is 0.958. The minimum Gasteiger partial charge on any atom is -0.309 e. The van der Waals surface area contributed by atoms with Crippen LogP contribution in [-0.4, -0.2) is 9.55 Å². The molecule has 2 aromatic heterocycles. The quantitative estimate of drug-likeness (QED) is 0.164. The van der Waals surface area contributed by atoms with E-state index in [4.69, 9.17) is 4.98 Å². The second-order valence-electron chi connectivity index (χ2n) is 14.3. The highest BCUT2D eigenvalue weighted by Gasteiger charge is 2.18. The van der Waals surface area contributed by atoms with Crippen LogP contribution in [0.25, 0.3) is 105 Å². The fourth-order valence-corrected chi connectivity index (χ4v) is 8.63. The highest BCUT2D eigenvalue weighted by Crippen LogP contribution is 2.43. The van der Waals surface area contributed by atoms with Gasteiger partial charge in [-0.15, -0.1) is 0 Å². The predicted octanol–water partition coefficient (Wildman–Crippen LogP) is 14.3. The van der Waals surface area contributed by atoms with Crippen molar-refractivity contribution in [1.29, 1.82) is 0 Å².